The molecule has 1 aromatic carbocycles. The number of benzene rings is 1. The second kappa shape index (κ2) is 6.44. The fraction of sp³-hybridized carbons (Fsp3) is 0.562. The van der Waals surface area contributed by atoms with E-state index in [0.29, 0.717) is 37.3 Å². The first-order valence-electron chi connectivity index (χ1n) is 8.11. The van der Waals surface area contributed by atoms with E-state index in [2.05, 4.69) is 10.0 Å². The van der Waals surface area contributed by atoms with E-state index >= 15 is 0 Å². The lowest BCUT2D eigenvalue weighted by molar-refractivity contribution is -0.124. The highest BCUT2D eigenvalue weighted by Crippen LogP contribution is 2.26. The summed E-state index contributed by atoms with van der Waals surface area (Å²) in [5, 5.41) is 2.75. The fourth-order valence-corrected chi connectivity index (χ4v) is 4.25. The minimum atomic E-state index is -3.58. The van der Waals surface area contributed by atoms with E-state index in [4.69, 9.17) is 10.5 Å². The molecule has 0 unspecified atom stereocenters. The zero-order valence-electron chi connectivity index (χ0n) is 13.7. The van der Waals surface area contributed by atoms with E-state index in [9.17, 15) is 13.2 Å². The maximum atomic E-state index is 12.5. The Kier molecular flexibility index (Phi) is 4.65. The number of anilines is 1. The van der Waals surface area contributed by atoms with Gasteiger partial charge in [-0.15, -0.1) is 0 Å². The second-order valence-electron chi connectivity index (χ2n) is 6.60. The zero-order valence-corrected chi connectivity index (χ0v) is 14.5. The highest BCUT2D eigenvalue weighted by atomic mass is 32.2. The third-order valence-corrected chi connectivity index (χ3v) is 6.13. The normalized spacial score (nSPS) is 20.6. The number of nitrogens with one attached hydrogen (secondary N) is 2. The molecule has 1 saturated carbocycles. The molecule has 132 valence electrons. The van der Waals surface area contributed by atoms with Crippen LogP contribution in [0.2, 0.25) is 0 Å². The summed E-state index contributed by atoms with van der Waals surface area (Å²) in [7, 11) is -3.58. The molecule has 2 aliphatic rings. The van der Waals surface area contributed by atoms with Crippen molar-refractivity contribution in [2.45, 2.75) is 49.1 Å². The average molecular weight is 353 g/mol. The van der Waals surface area contributed by atoms with Crippen LogP contribution in [-0.4, -0.2) is 39.1 Å². The van der Waals surface area contributed by atoms with Crippen molar-refractivity contribution in [2.75, 3.05) is 18.5 Å². The van der Waals surface area contributed by atoms with E-state index < -0.39 is 15.6 Å². The van der Waals surface area contributed by atoms with Gasteiger partial charge in [-0.3, -0.25) is 4.79 Å². The highest BCUT2D eigenvalue weighted by molar-refractivity contribution is 7.89. The van der Waals surface area contributed by atoms with Crippen LogP contribution in [0.1, 0.15) is 31.2 Å². The number of rotatable bonds is 5. The molecule has 24 heavy (non-hydrogen) atoms. The van der Waals surface area contributed by atoms with Crippen LogP contribution in [0.15, 0.2) is 23.1 Å². The van der Waals surface area contributed by atoms with Gasteiger partial charge in [0.2, 0.25) is 15.9 Å². The Morgan fingerprint density at radius 1 is 1.29 bits per heavy atom. The van der Waals surface area contributed by atoms with Crippen LogP contribution in [0.4, 0.5) is 5.69 Å². The van der Waals surface area contributed by atoms with Crippen LogP contribution in [0.5, 0.6) is 0 Å². The van der Waals surface area contributed by atoms with E-state index in [0.717, 1.165) is 12.8 Å². The number of carbonyl (C=O) groups excluding carboxylic acids is 1. The summed E-state index contributed by atoms with van der Waals surface area (Å²) in [4.78, 5) is 12.7. The highest BCUT2D eigenvalue weighted by Gasteiger charge is 2.36. The monoisotopic (exact) mass is 353 g/mol. The van der Waals surface area contributed by atoms with Gasteiger partial charge >= 0.3 is 0 Å². The summed E-state index contributed by atoms with van der Waals surface area (Å²) >= 11 is 0. The van der Waals surface area contributed by atoms with E-state index in [-0.39, 0.29) is 16.8 Å². The van der Waals surface area contributed by atoms with Crippen LogP contribution >= 0.6 is 0 Å². The van der Waals surface area contributed by atoms with Crippen LogP contribution in [0.3, 0.4) is 0 Å². The van der Waals surface area contributed by atoms with Crippen molar-refractivity contribution in [3.05, 3.63) is 23.8 Å². The van der Waals surface area contributed by atoms with Gasteiger partial charge in [0.15, 0.2) is 0 Å². The first-order chi connectivity index (χ1) is 11.3. The number of amides is 1. The molecule has 0 spiro atoms. The summed E-state index contributed by atoms with van der Waals surface area (Å²) in [5.74, 6) is -0.312. The number of sulfonamides is 1. The molecule has 4 N–H and O–H groups in total. The Labute approximate surface area is 142 Å². The van der Waals surface area contributed by atoms with Gasteiger partial charge in [-0.2, -0.15) is 0 Å². The largest absolute Gasteiger partial charge is 0.381 e. The lowest BCUT2D eigenvalue weighted by Crippen LogP contribution is -2.54. The van der Waals surface area contributed by atoms with Crippen molar-refractivity contribution in [3.8, 4) is 0 Å². The molecule has 0 aromatic heterocycles. The van der Waals surface area contributed by atoms with E-state index in [1.807, 2.05) is 0 Å². The molecule has 2 fully saturated rings. The van der Waals surface area contributed by atoms with Crippen LogP contribution in [0.25, 0.3) is 0 Å². The topological polar surface area (TPSA) is 111 Å². The molecule has 0 bridgehead atoms. The smallest absolute Gasteiger partial charge is 0.244 e. The van der Waals surface area contributed by atoms with Gasteiger partial charge in [0, 0.05) is 24.9 Å². The van der Waals surface area contributed by atoms with Crippen molar-refractivity contribution in [1.82, 2.24) is 4.72 Å². The van der Waals surface area contributed by atoms with E-state index in [1.54, 1.807) is 19.1 Å². The van der Waals surface area contributed by atoms with Gasteiger partial charge in [0.1, 0.15) is 5.54 Å². The average Bonchev–Trinajstić information content (AvgIpc) is 3.33. The second-order valence-corrected chi connectivity index (χ2v) is 8.28. The summed E-state index contributed by atoms with van der Waals surface area (Å²) in [6.07, 6.45) is 2.62. The van der Waals surface area contributed by atoms with Gasteiger partial charge in [0.25, 0.3) is 0 Å². The van der Waals surface area contributed by atoms with Gasteiger partial charge in [-0.05, 0) is 50.3 Å². The molecule has 1 saturated heterocycles. The van der Waals surface area contributed by atoms with Crippen molar-refractivity contribution in [1.29, 1.82) is 0 Å². The lowest BCUT2D eigenvalue weighted by atomic mass is 9.90. The Morgan fingerprint density at radius 2 is 1.96 bits per heavy atom. The van der Waals surface area contributed by atoms with Gasteiger partial charge in [0.05, 0.1) is 4.90 Å². The molecule has 8 heteroatoms. The standard InChI is InChI=1S/C16H23N3O4S/c1-11-2-3-13(10-14(11)24(21,22)19-12-4-5-12)18-15(20)16(17)6-8-23-9-7-16/h2-3,10,12,19H,4-9,17H2,1H3,(H,18,20). The Morgan fingerprint density at radius 3 is 2.58 bits per heavy atom. The fourth-order valence-electron chi connectivity index (χ4n) is 2.67. The number of ether oxygens (including phenoxy) is 1. The third kappa shape index (κ3) is 3.77. The molecule has 0 radical (unpaired) electrons. The number of aryl methyl sites for hydroxylation is 1. The summed E-state index contributed by atoms with van der Waals surface area (Å²) < 4.78 is 32.8. The maximum Gasteiger partial charge on any atom is 0.244 e. The minimum absolute atomic E-state index is 0.0298. The number of nitrogens with two attached hydrogens (primary N) is 1. The molecule has 1 aliphatic heterocycles. The summed E-state index contributed by atoms with van der Waals surface area (Å²) in [6.45, 7) is 2.63. The molecule has 1 heterocycles. The van der Waals surface area contributed by atoms with Crippen molar-refractivity contribution < 1.29 is 17.9 Å². The number of hydrogen-bond acceptors (Lipinski definition) is 5. The molecule has 1 aliphatic carbocycles. The number of hydrogen-bond donors (Lipinski definition) is 3. The minimum Gasteiger partial charge on any atom is -0.381 e. The molecule has 3 rings (SSSR count). The zero-order chi connectivity index (χ0) is 17.4. The van der Waals surface area contributed by atoms with Crippen LogP contribution in [-0.2, 0) is 19.6 Å². The molecule has 1 amide bonds. The van der Waals surface area contributed by atoms with Crippen molar-refractivity contribution in [2.24, 2.45) is 5.73 Å². The van der Waals surface area contributed by atoms with Crippen molar-refractivity contribution in [3.63, 3.8) is 0 Å². The Hall–Kier alpha value is -1.48. The third-order valence-electron chi connectivity index (χ3n) is 4.47. The van der Waals surface area contributed by atoms with Crippen LogP contribution in [0, 0.1) is 6.92 Å². The summed E-state index contributed by atoms with van der Waals surface area (Å²) in [5.41, 5.74) is 6.24. The van der Waals surface area contributed by atoms with E-state index in [1.165, 1.54) is 6.07 Å². The molecule has 7 nitrogen and oxygen atoms in total. The van der Waals surface area contributed by atoms with Crippen molar-refractivity contribution >= 4 is 21.6 Å². The lowest BCUT2D eigenvalue weighted by Gasteiger charge is -2.31. The van der Waals surface area contributed by atoms with Gasteiger partial charge < -0.3 is 15.8 Å². The quantitative estimate of drug-likeness (QED) is 0.728. The predicted octanol–water partition coefficient (Wildman–Crippen LogP) is 0.882. The molecule has 1 aromatic rings. The first-order valence-corrected chi connectivity index (χ1v) is 9.60. The predicted molar refractivity (Wildman–Crippen MR) is 90.1 cm³/mol. The first kappa shape index (κ1) is 17.3. The Balaban J connectivity index is 1.79. The van der Waals surface area contributed by atoms with Gasteiger partial charge in [-0.25, -0.2) is 13.1 Å². The molecular weight excluding hydrogens is 330 g/mol. The maximum absolute atomic E-state index is 12.5. The summed E-state index contributed by atoms with van der Waals surface area (Å²) in [6, 6.07) is 4.89. The Bertz CT molecular complexity index is 738. The molecular formula is C16H23N3O4S. The van der Waals surface area contributed by atoms with Gasteiger partial charge in [-0.1, -0.05) is 6.07 Å². The molecule has 0 atom stereocenters. The number of carbonyl (C=O) groups is 1. The SMILES string of the molecule is Cc1ccc(NC(=O)C2(N)CCOCC2)cc1S(=O)(=O)NC1CC1. The van der Waals surface area contributed by atoms with Crippen LogP contribution < -0.4 is 15.8 Å².